The van der Waals surface area contributed by atoms with Crippen LogP contribution < -0.4 is 16.0 Å². The SMILES string of the molecule is C=C/C(CC(C)(F)F)=C(\C=C/C)C(=O)Nc1cc(C)c2c(c1)C1OCCNC1C(=O)N2. The summed E-state index contributed by atoms with van der Waals surface area (Å²) in [6, 6.07) is 2.96. The summed E-state index contributed by atoms with van der Waals surface area (Å²) in [5, 5.41) is 8.84. The summed E-state index contributed by atoms with van der Waals surface area (Å²) in [6.45, 7) is 8.96. The predicted molar refractivity (Wildman–Crippen MR) is 116 cm³/mol. The molecule has 2 heterocycles. The van der Waals surface area contributed by atoms with E-state index in [1.807, 2.05) is 6.92 Å². The molecule has 1 aromatic carbocycles. The standard InChI is InChI=1S/C23H27F2N3O3/c1-5-7-16(14(6-2)12-23(4,24)25)21(29)27-15-10-13(3)18-17(11-15)20-19(22(30)28-18)26-8-9-31-20/h5-7,10-11,19-20,26H,2,8-9,12H2,1,3-4H3,(H,27,29)(H,28,30)/b7-5-,16-14-. The van der Waals surface area contributed by atoms with Crippen LogP contribution in [-0.4, -0.2) is 36.9 Å². The van der Waals surface area contributed by atoms with Gasteiger partial charge in [0, 0.05) is 35.5 Å². The minimum Gasteiger partial charge on any atom is -0.370 e. The van der Waals surface area contributed by atoms with Crippen LogP contribution in [0.5, 0.6) is 0 Å². The van der Waals surface area contributed by atoms with Crippen molar-refractivity contribution in [3.05, 3.63) is 59.2 Å². The van der Waals surface area contributed by atoms with Crippen LogP contribution in [0.3, 0.4) is 0 Å². The molecule has 1 aromatic rings. The molecule has 0 saturated carbocycles. The molecule has 2 amide bonds. The molecule has 2 atom stereocenters. The third-order valence-electron chi connectivity index (χ3n) is 5.20. The largest absolute Gasteiger partial charge is 0.370 e. The van der Waals surface area contributed by atoms with Crippen molar-refractivity contribution in [3.8, 4) is 0 Å². The lowest BCUT2D eigenvalue weighted by atomic mass is 9.91. The summed E-state index contributed by atoms with van der Waals surface area (Å²) >= 11 is 0. The number of alkyl halides is 2. The Morgan fingerprint density at radius 3 is 2.81 bits per heavy atom. The Balaban J connectivity index is 1.95. The molecule has 0 spiro atoms. The molecule has 8 heteroatoms. The molecule has 2 aliphatic heterocycles. The molecular weight excluding hydrogens is 404 g/mol. The average molecular weight is 431 g/mol. The van der Waals surface area contributed by atoms with Crippen molar-refractivity contribution in [1.82, 2.24) is 5.32 Å². The van der Waals surface area contributed by atoms with E-state index < -0.39 is 30.4 Å². The zero-order valence-corrected chi connectivity index (χ0v) is 17.9. The Bertz CT molecular complexity index is 964. The van der Waals surface area contributed by atoms with Crippen molar-refractivity contribution in [2.45, 2.75) is 45.3 Å². The van der Waals surface area contributed by atoms with Gasteiger partial charge in [0.1, 0.15) is 12.1 Å². The predicted octanol–water partition coefficient (Wildman–Crippen LogP) is 4.02. The first kappa shape index (κ1) is 22.8. The summed E-state index contributed by atoms with van der Waals surface area (Å²) in [4.78, 5) is 25.4. The van der Waals surface area contributed by atoms with Crippen LogP contribution >= 0.6 is 0 Å². The van der Waals surface area contributed by atoms with E-state index in [1.54, 1.807) is 25.1 Å². The molecule has 0 aromatic heterocycles. The molecule has 0 bridgehead atoms. The average Bonchev–Trinajstić information content (AvgIpc) is 2.71. The number of hydrogen-bond acceptors (Lipinski definition) is 4. The van der Waals surface area contributed by atoms with Gasteiger partial charge in [-0.25, -0.2) is 8.78 Å². The van der Waals surface area contributed by atoms with Crippen LogP contribution in [0.25, 0.3) is 0 Å². The van der Waals surface area contributed by atoms with Crippen molar-refractivity contribution < 1.29 is 23.1 Å². The van der Waals surface area contributed by atoms with Gasteiger partial charge < -0.3 is 20.7 Å². The minimum atomic E-state index is -2.97. The molecular formula is C23H27F2N3O3. The molecule has 1 saturated heterocycles. The number of ether oxygens (including phenoxy) is 1. The van der Waals surface area contributed by atoms with Gasteiger partial charge in [-0.05, 0) is 44.0 Å². The molecule has 3 rings (SSSR count). The van der Waals surface area contributed by atoms with Crippen LogP contribution in [0.15, 0.2) is 48.1 Å². The third-order valence-corrected chi connectivity index (χ3v) is 5.20. The van der Waals surface area contributed by atoms with E-state index >= 15 is 0 Å². The van der Waals surface area contributed by atoms with Gasteiger partial charge in [0.25, 0.3) is 5.91 Å². The zero-order chi connectivity index (χ0) is 22.8. The highest BCUT2D eigenvalue weighted by molar-refractivity contribution is 6.07. The van der Waals surface area contributed by atoms with Gasteiger partial charge in [0.15, 0.2) is 0 Å². The van der Waals surface area contributed by atoms with Crippen LogP contribution in [0.4, 0.5) is 20.2 Å². The van der Waals surface area contributed by atoms with E-state index in [0.717, 1.165) is 18.1 Å². The molecule has 6 nitrogen and oxygen atoms in total. The second-order valence-corrected chi connectivity index (χ2v) is 7.81. The Morgan fingerprint density at radius 1 is 1.42 bits per heavy atom. The van der Waals surface area contributed by atoms with Crippen molar-refractivity contribution in [2.24, 2.45) is 0 Å². The van der Waals surface area contributed by atoms with Gasteiger partial charge in [-0.3, -0.25) is 9.59 Å². The molecule has 31 heavy (non-hydrogen) atoms. The number of carbonyl (C=O) groups excluding carboxylic acids is 2. The number of hydrogen-bond donors (Lipinski definition) is 3. The molecule has 2 unspecified atom stereocenters. The number of anilines is 2. The van der Waals surface area contributed by atoms with Gasteiger partial charge in [0.2, 0.25) is 11.8 Å². The lowest BCUT2D eigenvalue weighted by Crippen LogP contribution is -2.53. The number of morpholine rings is 1. The smallest absolute Gasteiger partial charge is 0.255 e. The normalized spacial score (nSPS) is 21.6. The van der Waals surface area contributed by atoms with Crippen molar-refractivity contribution in [1.29, 1.82) is 0 Å². The zero-order valence-electron chi connectivity index (χ0n) is 17.9. The van der Waals surface area contributed by atoms with E-state index in [4.69, 9.17) is 4.74 Å². The lowest BCUT2D eigenvalue weighted by molar-refractivity contribution is -0.125. The molecule has 1 fully saturated rings. The van der Waals surface area contributed by atoms with Crippen molar-refractivity contribution in [2.75, 3.05) is 23.8 Å². The number of fused-ring (bicyclic) bond motifs is 3. The number of allylic oxidation sites excluding steroid dienone is 3. The highest BCUT2D eigenvalue weighted by Crippen LogP contribution is 2.39. The summed E-state index contributed by atoms with van der Waals surface area (Å²) in [5.41, 5.74) is 2.94. The van der Waals surface area contributed by atoms with Gasteiger partial charge >= 0.3 is 0 Å². The lowest BCUT2D eigenvalue weighted by Gasteiger charge is -2.37. The first-order valence-corrected chi connectivity index (χ1v) is 10.1. The summed E-state index contributed by atoms with van der Waals surface area (Å²) in [5.74, 6) is -3.65. The number of benzene rings is 1. The van der Waals surface area contributed by atoms with Crippen molar-refractivity contribution in [3.63, 3.8) is 0 Å². The fourth-order valence-corrected chi connectivity index (χ4v) is 3.89. The highest BCUT2D eigenvalue weighted by atomic mass is 19.3. The highest BCUT2D eigenvalue weighted by Gasteiger charge is 2.39. The van der Waals surface area contributed by atoms with E-state index in [2.05, 4.69) is 22.5 Å². The van der Waals surface area contributed by atoms with Crippen LogP contribution in [0.1, 0.15) is 37.5 Å². The Labute approximate surface area is 180 Å². The summed E-state index contributed by atoms with van der Waals surface area (Å²) < 4.78 is 33.0. The first-order valence-electron chi connectivity index (χ1n) is 10.1. The van der Waals surface area contributed by atoms with Gasteiger partial charge in [0.05, 0.1) is 6.61 Å². The van der Waals surface area contributed by atoms with Gasteiger partial charge in [-0.15, -0.1) is 0 Å². The van der Waals surface area contributed by atoms with E-state index in [1.165, 1.54) is 12.2 Å². The maximum absolute atomic E-state index is 13.6. The number of carbonyl (C=O) groups is 2. The topological polar surface area (TPSA) is 79.5 Å². The minimum absolute atomic E-state index is 0.121. The van der Waals surface area contributed by atoms with E-state index in [9.17, 15) is 18.4 Å². The molecule has 3 N–H and O–H groups in total. The number of rotatable bonds is 6. The second-order valence-electron chi connectivity index (χ2n) is 7.81. The number of amides is 2. The maximum atomic E-state index is 13.6. The van der Waals surface area contributed by atoms with Crippen LogP contribution in [0, 0.1) is 6.92 Å². The Morgan fingerprint density at radius 2 is 2.16 bits per heavy atom. The summed E-state index contributed by atoms with van der Waals surface area (Å²) in [7, 11) is 0. The van der Waals surface area contributed by atoms with E-state index in [-0.39, 0.29) is 17.1 Å². The molecule has 166 valence electrons. The number of aryl methyl sites for hydroxylation is 1. The third kappa shape index (κ3) is 5.08. The Hall–Kier alpha value is -2.84. The summed E-state index contributed by atoms with van der Waals surface area (Å²) in [6.07, 6.45) is 3.33. The van der Waals surface area contributed by atoms with Gasteiger partial charge in [-0.2, -0.15) is 0 Å². The molecule has 0 aliphatic carbocycles. The maximum Gasteiger partial charge on any atom is 0.255 e. The molecule has 0 radical (unpaired) electrons. The van der Waals surface area contributed by atoms with Gasteiger partial charge in [-0.1, -0.05) is 24.8 Å². The monoisotopic (exact) mass is 431 g/mol. The quantitative estimate of drug-likeness (QED) is 0.470. The Kier molecular flexibility index (Phi) is 6.71. The number of nitrogens with one attached hydrogen (secondary N) is 3. The van der Waals surface area contributed by atoms with Crippen LogP contribution in [-0.2, 0) is 14.3 Å². The molecule has 2 aliphatic rings. The first-order chi connectivity index (χ1) is 14.6. The van der Waals surface area contributed by atoms with E-state index in [0.29, 0.717) is 24.5 Å². The van der Waals surface area contributed by atoms with Crippen LogP contribution in [0.2, 0.25) is 0 Å². The van der Waals surface area contributed by atoms with Crippen molar-refractivity contribution >= 4 is 23.2 Å². The second kappa shape index (κ2) is 9.11. The fraction of sp³-hybridized carbons (Fsp3) is 0.391. The fourth-order valence-electron chi connectivity index (χ4n) is 3.89. The number of halogens is 2.